The molecule has 0 saturated heterocycles. The summed E-state index contributed by atoms with van der Waals surface area (Å²) < 4.78 is 52.0. The van der Waals surface area contributed by atoms with Gasteiger partial charge in [0.15, 0.2) is 0 Å². The predicted octanol–water partition coefficient (Wildman–Crippen LogP) is 4.63. The van der Waals surface area contributed by atoms with Crippen molar-refractivity contribution < 1.29 is 22.7 Å². The quantitative estimate of drug-likeness (QED) is 0.747. The van der Waals surface area contributed by atoms with E-state index in [1.54, 1.807) is 0 Å². The van der Waals surface area contributed by atoms with Gasteiger partial charge in [0.2, 0.25) is 0 Å². The SMILES string of the molecule is CC1(C)CCC(O)(c2cc(C(F)(F)F)ccc2F)CC1. The normalized spacial score (nSPS) is 21.8. The molecule has 0 radical (unpaired) electrons. The van der Waals surface area contributed by atoms with Crippen molar-refractivity contribution in [2.45, 2.75) is 51.3 Å². The molecule has 5 heteroatoms. The molecular formula is C15H18F4O. The molecule has 1 fully saturated rings. The van der Waals surface area contributed by atoms with Crippen molar-refractivity contribution >= 4 is 0 Å². The van der Waals surface area contributed by atoms with Crippen LogP contribution in [0.3, 0.4) is 0 Å². The Morgan fingerprint density at radius 1 is 1.05 bits per heavy atom. The standard InChI is InChI=1S/C15H18F4O/c1-13(2)5-7-14(20,8-6-13)11-9-10(15(17,18)19)3-4-12(11)16/h3-4,9,20H,5-8H2,1-2H3. The third-order valence-corrected chi connectivity index (χ3v) is 4.23. The maximum absolute atomic E-state index is 13.9. The van der Waals surface area contributed by atoms with E-state index in [1.807, 2.05) is 13.8 Å². The molecule has 1 N–H and O–H groups in total. The second kappa shape index (κ2) is 4.72. The summed E-state index contributed by atoms with van der Waals surface area (Å²) >= 11 is 0. The highest BCUT2D eigenvalue weighted by atomic mass is 19.4. The van der Waals surface area contributed by atoms with Crippen LogP contribution in [-0.4, -0.2) is 5.11 Å². The first-order valence-corrected chi connectivity index (χ1v) is 6.63. The van der Waals surface area contributed by atoms with Gasteiger partial charge >= 0.3 is 6.18 Å². The fraction of sp³-hybridized carbons (Fsp3) is 0.600. The summed E-state index contributed by atoms with van der Waals surface area (Å²) in [7, 11) is 0. The van der Waals surface area contributed by atoms with Gasteiger partial charge in [0.05, 0.1) is 11.2 Å². The van der Waals surface area contributed by atoms with Crippen molar-refractivity contribution in [3.05, 3.63) is 35.1 Å². The van der Waals surface area contributed by atoms with E-state index in [-0.39, 0.29) is 23.8 Å². The molecular weight excluding hydrogens is 272 g/mol. The van der Waals surface area contributed by atoms with Crippen LogP contribution in [0.25, 0.3) is 0 Å². The van der Waals surface area contributed by atoms with Gasteiger partial charge in [-0.15, -0.1) is 0 Å². The van der Waals surface area contributed by atoms with E-state index in [9.17, 15) is 22.7 Å². The fourth-order valence-electron chi connectivity index (χ4n) is 2.67. The summed E-state index contributed by atoms with van der Waals surface area (Å²) in [5.41, 5.74) is -2.62. The summed E-state index contributed by atoms with van der Waals surface area (Å²) in [6.07, 6.45) is -2.68. The van der Waals surface area contributed by atoms with Gasteiger partial charge in [-0.25, -0.2) is 4.39 Å². The molecule has 0 atom stereocenters. The Balaban J connectivity index is 2.37. The topological polar surface area (TPSA) is 20.2 Å². The number of hydrogen-bond acceptors (Lipinski definition) is 1. The molecule has 2 rings (SSSR count). The molecule has 1 saturated carbocycles. The molecule has 0 spiro atoms. The Hall–Kier alpha value is -1.10. The minimum absolute atomic E-state index is 0.0321. The third-order valence-electron chi connectivity index (χ3n) is 4.23. The molecule has 0 heterocycles. The highest BCUT2D eigenvalue weighted by Crippen LogP contribution is 2.46. The molecule has 0 bridgehead atoms. The summed E-state index contributed by atoms with van der Waals surface area (Å²) in [6.45, 7) is 4.07. The fourth-order valence-corrected chi connectivity index (χ4v) is 2.67. The molecule has 1 aromatic rings. The Morgan fingerprint density at radius 2 is 1.60 bits per heavy atom. The van der Waals surface area contributed by atoms with Crippen LogP contribution in [0, 0.1) is 11.2 Å². The van der Waals surface area contributed by atoms with Gasteiger partial charge in [-0.1, -0.05) is 13.8 Å². The van der Waals surface area contributed by atoms with Crippen molar-refractivity contribution in [3.8, 4) is 0 Å². The molecule has 1 aliphatic rings. The molecule has 0 aromatic heterocycles. The average molecular weight is 290 g/mol. The molecule has 112 valence electrons. The Bertz CT molecular complexity index is 495. The van der Waals surface area contributed by atoms with E-state index in [1.165, 1.54) is 0 Å². The van der Waals surface area contributed by atoms with Crippen LogP contribution in [0.4, 0.5) is 17.6 Å². The minimum Gasteiger partial charge on any atom is -0.385 e. The Labute approximate surface area is 115 Å². The van der Waals surface area contributed by atoms with Crippen molar-refractivity contribution in [2.75, 3.05) is 0 Å². The molecule has 0 aliphatic heterocycles. The van der Waals surface area contributed by atoms with Crippen LogP contribution >= 0.6 is 0 Å². The van der Waals surface area contributed by atoms with Gasteiger partial charge in [-0.2, -0.15) is 13.2 Å². The van der Waals surface area contributed by atoms with E-state index in [4.69, 9.17) is 0 Å². The average Bonchev–Trinajstić information content (AvgIpc) is 2.32. The first-order chi connectivity index (χ1) is 9.04. The van der Waals surface area contributed by atoms with Crippen molar-refractivity contribution in [2.24, 2.45) is 5.41 Å². The van der Waals surface area contributed by atoms with Crippen LogP contribution in [0.2, 0.25) is 0 Å². The lowest BCUT2D eigenvalue weighted by atomic mass is 9.68. The molecule has 0 amide bonds. The van der Waals surface area contributed by atoms with Crippen LogP contribution in [-0.2, 0) is 11.8 Å². The first-order valence-electron chi connectivity index (χ1n) is 6.63. The lowest BCUT2D eigenvalue weighted by Gasteiger charge is -2.40. The number of aliphatic hydroxyl groups is 1. The second-order valence-corrected chi connectivity index (χ2v) is 6.39. The summed E-state index contributed by atoms with van der Waals surface area (Å²) in [5, 5.41) is 10.5. The van der Waals surface area contributed by atoms with E-state index >= 15 is 0 Å². The predicted molar refractivity (Wildman–Crippen MR) is 67.5 cm³/mol. The monoisotopic (exact) mass is 290 g/mol. The molecule has 1 nitrogen and oxygen atoms in total. The lowest BCUT2D eigenvalue weighted by Crippen LogP contribution is -2.35. The Morgan fingerprint density at radius 3 is 2.10 bits per heavy atom. The van der Waals surface area contributed by atoms with E-state index in [0.717, 1.165) is 12.1 Å². The molecule has 1 aromatic carbocycles. The van der Waals surface area contributed by atoms with Gasteiger partial charge < -0.3 is 5.11 Å². The van der Waals surface area contributed by atoms with Gasteiger partial charge in [0.25, 0.3) is 0 Å². The molecule has 1 aliphatic carbocycles. The highest BCUT2D eigenvalue weighted by molar-refractivity contribution is 5.32. The van der Waals surface area contributed by atoms with Crippen LogP contribution in [0.5, 0.6) is 0 Å². The highest BCUT2D eigenvalue weighted by Gasteiger charge is 2.41. The minimum atomic E-state index is -4.53. The number of alkyl halides is 3. The van der Waals surface area contributed by atoms with Crippen molar-refractivity contribution in [1.82, 2.24) is 0 Å². The number of halogens is 4. The van der Waals surface area contributed by atoms with E-state index in [2.05, 4.69) is 0 Å². The van der Waals surface area contributed by atoms with Crippen LogP contribution in [0.15, 0.2) is 18.2 Å². The maximum atomic E-state index is 13.9. The zero-order valence-corrected chi connectivity index (χ0v) is 11.5. The Kier molecular flexibility index (Phi) is 3.61. The maximum Gasteiger partial charge on any atom is 0.416 e. The van der Waals surface area contributed by atoms with E-state index in [0.29, 0.717) is 18.9 Å². The smallest absolute Gasteiger partial charge is 0.385 e. The lowest BCUT2D eigenvalue weighted by molar-refractivity contribution is -0.137. The molecule has 20 heavy (non-hydrogen) atoms. The zero-order chi connectivity index (χ0) is 15.2. The second-order valence-electron chi connectivity index (χ2n) is 6.39. The van der Waals surface area contributed by atoms with Gasteiger partial charge in [-0.3, -0.25) is 0 Å². The number of benzene rings is 1. The number of rotatable bonds is 1. The van der Waals surface area contributed by atoms with Gasteiger partial charge in [0, 0.05) is 5.56 Å². The number of hydrogen-bond donors (Lipinski definition) is 1. The van der Waals surface area contributed by atoms with Crippen molar-refractivity contribution in [1.29, 1.82) is 0 Å². The zero-order valence-electron chi connectivity index (χ0n) is 11.5. The van der Waals surface area contributed by atoms with Crippen molar-refractivity contribution in [3.63, 3.8) is 0 Å². The van der Waals surface area contributed by atoms with Crippen LogP contribution < -0.4 is 0 Å². The largest absolute Gasteiger partial charge is 0.416 e. The first kappa shape index (κ1) is 15.3. The van der Waals surface area contributed by atoms with Gasteiger partial charge in [-0.05, 0) is 49.3 Å². The molecule has 0 unspecified atom stereocenters. The third kappa shape index (κ3) is 2.97. The summed E-state index contributed by atoms with van der Waals surface area (Å²) in [5.74, 6) is -0.778. The van der Waals surface area contributed by atoms with Crippen LogP contribution in [0.1, 0.15) is 50.7 Å². The van der Waals surface area contributed by atoms with Gasteiger partial charge in [0.1, 0.15) is 5.82 Å². The summed E-state index contributed by atoms with van der Waals surface area (Å²) in [4.78, 5) is 0. The summed E-state index contributed by atoms with van der Waals surface area (Å²) in [6, 6.07) is 2.23. The van der Waals surface area contributed by atoms with E-state index < -0.39 is 23.2 Å².